The molecule has 3 rings (SSSR count). The van der Waals surface area contributed by atoms with Gasteiger partial charge in [0, 0.05) is 19.7 Å². The van der Waals surface area contributed by atoms with Crippen LogP contribution in [0, 0.1) is 6.92 Å². The minimum absolute atomic E-state index is 0.148. The minimum atomic E-state index is -0.335. The maximum Gasteiger partial charge on any atom is 0.258 e. The molecule has 0 unspecified atom stereocenters. The molecule has 8 heteroatoms. The van der Waals surface area contributed by atoms with E-state index < -0.39 is 0 Å². The fourth-order valence-electron chi connectivity index (χ4n) is 3.33. The van der Waals surface area contributed by atoms with Crippen LogP contribution >= 0.6 is 11.6 Å². The highest BCUT2D eigenvalue weighted by molar-refractivity contribution is 6.33. The minimum Gasteiger partial charge on any atom is -0.507 e. The first kappa shape index (κ1) is 20.7. The maximum absolute atomic E-state index is 13.1. The molecule has 0 atom stereocenters. The van der Waals surface area contributed by atoms with Gasteiger partial charge in [-0.2, -0.15) is 0 Å². The van der Waals surface area contributed by atoms with Gasteiger partial charge in [0.1, 0.15) is 17.3 Å². The fourth-order valence-corrected chi connectivity index (χ4v) is 3.56. The number of aromatic nitrogens is 1. The van der Waals surface area contributed by atoms with Crippen molar-refractivity contribution in [1.29, 1.82) is 0 Å². The lowest BCUT2D eigenvalue weighted by molar-refractivity contribution is -0.113. The Labute approximate surface area is 174 Å². The molecule has 2 heterocycles. The number of fused-ring (bicyclic) bond motifs is 1. The van der Waals surface area contributed by atoms with E-state index in [9.17, 15) is 14.7 Å². The smallest absolute Gasteiger partial charge is 0.258 e. The summed E-state index contributed by atoms with van der Waals surface area (Å²) in [5, 5.41) is 10.7. The Morgan fingerprint density at radius 2 is 2.14 bits per heavy atom. The van der Waals surface area contributed by atoms with Crippen molar-refractivity contribution < 1.29 is 19.4 Å². The van der Waals surface area contributed by atoms with E-state index in [1.165, 1.54) is 24.2 Å². The van der Waals surface area contributed by atoms with E-state index in [0.717, 1.165) is 5.56 Å². The summed E-state index contributed by atoms with van der Waals surface area (Å²) < 4.78 is 5.13. The van der Waals surface area contributed by atoms with Gasteiger partial charge in [0.15, 0.2) is 0 Å². The van der Waals surface area contributed by atoms with Crippen LogP contribution in [-0.2, 0) is 17.8 Å². The van der Waals surface area contributed by atoms with Crippen molar-refractivity contribution in [2.24, 2.45) is 0 Å². The van der Waals surface area contributed by atoms with Gasteiger partial charge in [-0.1, -0.05) is 24.2 Å². The molecule has 2 amide bonds. The summed E-state index contributed by atoms with van der Waals surface area (Å²) in [5.74, 6) is 0.00280. The summed E-state index contributed by atoms with van der Waals surface area (Å²) in [5.41, 5.74) is 2.33. The first-order valence-electron chi connectivity index (χ1n) is 9.02. The molecular formula is C21H22ClN3O4. The second-order valence-electron chi connectivity index (χ2n) is 6.77. The molecule has 0 spiro atoms. The summed E-state index contributed by atoms with van der Waals surface area (Å²) in [6.45, 7) is 5.90. The number of methoxy groups -OCH3 is 1. The number of anilines is 1. The van der Waals surface area contributed by atoms with Crippen molar-refractivity contribution >= 4 is 29.2 Å². The molecule has 1 aromatic heterocycles. The summed E-state index contributed by atoms with van der Waals surface area (Å²) >= 11 is 6.27. The first-order valence-corrected chi connectivity index (χ1v) is 9.40. The Balaban J connectivity index is 1.91. The summed E-state index contributed by atoms with van der Waals surface area (Å²) in [7, 11) is 3.06. The normalized spacial score (nSPS) is 12.9. The van der Waals surface area contributed by atoms with Gasteiger partial charge in [0.05, 0.1) is 29.9 Å². The fraction of sp³-hybridized carbons (Fsp3) is 0.286. The Hall–Kier alpha value is -3.06. The van der Waals surface area contributed by atoms with Gasteiger partial charge in [0.2, 0.25) is 0 Å². The number of phenols is 1. The lowest BCUT2D eigenvalue weighted by Crippen LogP contribution is -2.37. The van der Waals surface area contributed by atoms with Crippen LogP contribution in [0.2, 0.25) is 5.02 Å². The van der Waals surface area contributed by atoms with Crippen LogP contribution in [0.1, 0.15) is 27.2 Å². The molecular weight excluding hydrogens is 394 g/mol. The van der Waals surface area contributed by atoms with Crippen LogP contribution in [0.5, 0.6) is 11.5 Å². The Bertz CT molecular complexity index is 1010. The third-order valence-electron chi connectivity index (χ3n) is 5.06. The quantitative estimate of drug-likeness (QED) is 0.776. The zero-order valence-electron chi connectivity index (χ0n) is 16.5. The van der Waals surface area contributed by atoms with Crippen LogP contribution in [0.3, 0.4) is 0 Å². The van der Waals surface area contributed by atoms with Crippen molar-refractivity contribution in [3.63, 3.8) is 0 Å². The molecule has 1 aromatic carbocycles. The number of rotatable bonds is 4. The van der Waals surface area contributed by atoms with Crippen molar-refractivity contribution in [1.82, 2.24) is 9.88 Å². The number of ether oxygens (including phenoxy) is 1. The molecule has 2 aromatic rings. The molecule has 0 radical (unpaired) electrons. The predicted molar refractivity (Wildman–Crippen MR) is 111 cm³/mol. The number of amides is 2. The zero-order chi connectivity index (χ0) is 21.3. The van der Waals surface area contributed by atoms with Gasteiger partial charge in [-0.25, -0.2) is 4.98 Å². The van der Waals surface area contributed by atoms with E-state index in [1.54, 1.807) is 24.9 Å². The monoisotopic (exact) mass is 415 g/mol. The van der Waals surface area contributed by atoms with Crippen molar-refractivity contribution in [2.75, 3.05) is 25.6 Å². The van der Waals surface area contributed by atoms with Gasteiger partial charge in [-0.05, 0) is 36.6 Å². The van der Waals surface area contributed by atoms with E-state index in [1.807, 2.05) is 6.07 Å². The van der Waals surface area contributed by atoms with E-state index in [2.05, 4.69) is 11.6 Å². The first-order chi connectivity index (χ1) is 13.8. The number of carbonyl (C=O) groups excluding carboxylic acids is 2. The number of carbonyl (C=O) groups is 2. The average molecular weight is 416 g/mol. The van der Waals surface area contributed by atoms with Crippen LogP contribution in [0.15, 0.2) is 30.9 Å². The van der Waals surface area contributed by atoms with Crippen molar-refractivity contribution in [2.45, 2.75) is 19.9 Å². The number of nitrogens with zero attached hydrogens (tertiary/aromatic N) is 3. The third kappa shape index (κ3) is 3.78. The van der Waals surface area contributed by atoms with Crippen LogP contribution in [0.25, 0.3) is 0 Å². The number of likely N-dealkylation sites (N-methyl/N-ethyl adjacent to an activating group) is 1. The van der Waals surface area contributed by atoms with Gasteiger partial charge in [-0.15, -0.1) is 0 Å². The topological polar surface area (TPSA) is 83.0 Å². The summed E-state index contributed by atoms with van der Waals surface area (Å²) in [6, 6.07) is 5.03. The third-order valence-corrected chi connectivity index (χ3v) is 5.53. The Morgan fingerprint density at radius 3 is 2.79 bits per heavy atom. The number of pyridine rings is 1. The molecule has 7 nitrogen and oxygen atoms in total. The van der Waals surface area contributed by atoms with Crippen LogP contribution in [0.4, 0.5) is 5.82 Å². The second-order valence-corrected chi connectivity index (χ2v) is 7.14. The zero-order valence-corrected chi connectivity index (χ0v) is 17.3. The average Bonchev–Trinajstić information content (AvgIpc) is 2.74. The molecule has 152 valence electrons. The molecule has 1 N–H and O–H groups in total. The van der Waals surface area contributed by atoms with E-state index in [4.69, 9.17) is 16.3 Å². The standard InChI is InChI=1S/C21H22ClN3O4/c1-5-18(27)24(3)17-7-6-13-8-9-25(11-14(13)23-17)21(28)19-12(2)20(22)16(29-4)10-15(19)26/h5-7,10,26H,1,8-9,11H2,2-4H3. The highest BCUT2D eigenvalue weighted by Crippen LogP contribution is 2.37. The Morgan fingerprint density at radius 1 is 1.41 bits per heavy atom. The van der Waals surface area contributed by atoms with Gasteiger partial charge >= 0.3 is 0 Å². The largest absolute Gasteiger partial charge is 0.507 e. The van der Waals surface area contributed by atoms with E-state index in [0.29, 0.717) is 35.8 Å². The molecule has 0 saturated heterocycles. The van der Waals surface area contributed by atoms with Crippen LogP contribution in [-0.4, -0.2) is 47.5 Å². The molecule has 0 saturated carbocycles. The SMILES string of the molecule is C=CC(=O)N(C)c1ccc2c(n1)CN(C(=O)c1c(O)cc(OC)c(Cl)c1C)CC2. The number of halogens is 1. The highest BCUT2D eigenvalue weighted by atomic mass is 35.5. The molecule has 1 aliphatic rings. The predicted octanol–water partition coefficient (Wildman–Crippen LogP) is 3.10. The second kappa shape index (κ2) is 8.13. The highest BCUT2D eigenvalue weighted by Gasteiger charge is 2.28. The van der Waals surface area contributed by atoms with Crippen molar-refractivity contribution in [3.8, 4) is 11.5 Å². The van der Waals surface area contributed by atoms with E-state index in [-0.39, 0.29) is 34.7 Å². The molecule has 0 bridgehead atoms. The lowest BCUT2D eigenvalue weighted by atomic mass is 10.0. The molecule has 1 aliphatic heterocycles. The summed E-state index contributed by atoms with van der Waals surface area (Å²) in [4.78, 5) is 32.5. The van der Waals surface area contributed by atoms with Gasteiger partial charge < -0.3 is 14.7 Å². The molecule has 0 fully saturated rings. The number of phenolic OH excluding ortho intramolecular Hbond substituents is 1. The number of benzene rings is 1. The number of hydrogen-bond acceptors (Lipinski definition) is 5. The van der Waals surface area contributed by atoms with Gasteiger partial charge in [-0.3, -0.25) is 14.5 Å². The summed E-state index contributed by atoms with van der Waals surface area (Å²) in [6.07, 6.45) is 1.84. The Kier molecular flexibility index (Phi) is 5.79. The molecule has 29 heavy (non-hydrogen) atoms. The van der Waals surface area contributed by atoms with E-state index >= 15 is 0 Å². The van der Waals surface area contributed by atoms with Gasteiger partial charge in [0.25, 0.3) is 11.8 Å². The number of hydrogen-bond donors (Lipinski definition) is 1. The van der Waals surface area contributed by atoms with Crippen LogP contribution < -0.4 is 9.64 Å². The number of aromatic hydroxyl groups is 1. The molecule has 0 aliphatic carbocycles. The lowest BCUT2D eigenvalue weighted by Gasteiger charge is -2.30. The van der Waals surface area contributed by atoms with Crippen molar-refractivity contribution in [3.05, 3.63) is 58.3 Å². The maximum atomic E-state index is 13.1.